The van der Waals surface area contributed by atoms with Gasteiger partial charge in [0.25, 0.3) is 5.91 Å². The van der Waals surface area contributed by atoms with Crippen molar-refractivity contribution in [3.63, 3.8) is 0 Å². The summed E-state index contributed by atoms with van der Waals surface area (Å²) in [5.41, 5.74) is 7.60. The Morgan fingerprint density at radius 1 is 1.12 bits per heavy atom. The molecule has 1 aliphatic heterocycles. The molecule has 3 rings (SSSR count). The highest BCUT2D eigenvalue weighted by atomic mass is 79.9. The van der Waals surface area contributed by atoms with Crippen LogP contribution in [0, 0.1) is 0 Å². The molecule has 126 valence electrons. The maximum absolute atomic E-state index is 12.8. The molecule has 2 aromatic carbocycles. The number of hydrogen-bond donors (Lipinski definition) is 1. The molecule has 1 aliphatic rings. The van der Waals surface area contributed by atoms with Crippen molar-refractivity contribution in [2.24, 2.45) is 5.73 Å². The molecule has 0 radical (unpaired) electrons. The van der Waals surface area contributed by atoms with Gasteiger partial charge < -0.3 is 15.4 Å². The minimum Gasteiger partial charge on any atom is -0.488 e. The first-order valence-electron chi connectivity index (χ1n) is 8.14. The third-order valence-electron chi connectivity index (χ3n) is 4.25. The van der Waals surface area contributed by atoms with Crippen LogP contribution in [0.3, 0.4) is 0 Å². The molecule has 2 aromatic rings. The fourth-order valence-corrected chi connectivity index (χ4v) is 3.05. The van der Waals surface area contributed by atoms with E-state index in [0.29, 0.717) is 31.0 Å². The molecule has 0 spiro atoms. The first-order valence-corrected chi connectivity index (χ1v) is 8.94. The van der Waals surface area contributed by atoms with Crippen molar-refractivity contribution >= 4 is 21.8 Å². The van der Waals surface area contributed by atoms with Crippen LogP contribution in [-0.2, 0) is 6.61 Å². The van der Waals surface area contributed by atoms with Gasteiger partial charge in [-0.3, -0.25) is 4.79 Å². The molecule has 5 heteroatoms. The van der Waals surface area contributed by atoms with Crippen LogP contribution in [0.5, 0.6) is 5.75 Å². The molecule has 1 saturated heterocycles. The summed E-state index contributed by atoms with van der Waals surface area (Å²) >= 11 is 3.42. The number of hydrogen-bond acceptors (Lipinski definition) is 3. The highest BCUT2D eigenvalue weighted by molar-refractivity contribution is 9.10. The van der Waals surface area contributed by atoms with Gasteiger partial charge in [-0.2, -0.15) is 0 Å². The van der Waals surface area contributed by atoms with Crippen molar-refractivity contribution in [3.05, 3.63) is 64.1 Å². The van der Waals surface area contributed by atoms with Crippen molar-refractivity contribution in [1.82, 2.24) is 4.90 Å². The Balaban J connectivity index is 1.70. The molecular formula is C19H21BrN2O2. The van der Waals surface area contributed by atoms with E-state index >= 15 is 0 Å². The normalized spacial score (nSPS) is 15.3. The maximum atomic E-state index is 12.8. The summed E-state index contributed by atoms with van der Waals surface area (Å²) < 4.78 is 6.94. The summed E-state index contributed by atoms with van der Waals surface area (Å²) in [6, 6.07) is 15.6. The Hall–Kier alpha value is -1.85. The number of ether oxygens (including phenoxy) is 1. The number of carbonyl (C=O) groups is 1. The molecule has 0 atom stereocenters. The first-order chi connectivity index (χ1) is 11.6. The van der Waals surface area contributed by atoms with Crippen LogP contribution in [0.25, 0.3) is 0 Å². The number of nitrogens with zero attached hydrogens (tertiary/aromatic N) is 1. The predicted octanol–water partition coefficient (Wildman–Crippen LogP) is 3.59. The fraction of sp³-hybridized carbons (Fsp3) is 0.316. The number of amides is 1. The van der Waals surface area contributed by atoms with E-state index in [1.165, 1.54) is 0 Å². The Bertz CT molecular complexity index is 695. The molecule has 24 heavy (non-hydrogen) atoms. The Labute approximate surface area is 150 Å². The van der Waals surface area contributed by atoms with E-state index in [1.54, 1.807) is 0 Å². The van der Waals surface area contributed by atoms with Gasteiger partial charge in [0.05, 0.1) is 5.56 Å². The summed E-state index contributed by atoms with van der Waals surface area (Å²) in [6.45, 7) is 1.85. The van der Waals surface area contributed by atoms with Gasteiger partial charge in [-0.15, -0.1) is 0 Å². The van der Waals surface area contributed by atoms with Crippen LogP contribution >= 0.6 is 15.9 Å². The average molecular weight is 389 g/mol. The van der Waals surface area contributed by atoms with E-state index in [0.717, 1.165) is 22.9 Å². The number of carbonyl (C=O) groups excluding carboxylic acids is 1. The summed E-state index contributed by atoms with van der Waals surface area (Å²) in [4.78, 5) is 14.6. The summed E-state index contributed by atoms with van der Waals surface area (Å²) in [5.74, 6) is 0.647. The molecule has 0 unspecified atom stereocenters. The number of piperidine rings is 1. The third-order valence-corrected chi connectivity index (χ3v) is 4.78. The lowest BCUT2D eigenvalue weighted by atomic mass is 10.0. The molecule has 0 aromatic heterocycles. The summed E-state index contributed by atoms with van der Waals surface area (Å²) in [6.07, 6.45) is 1.71. The maximum Gasteiger partial charge on any atom is 0.257 e. The van der Waals surface area contributed by atoms with Gasteiger partial charge in [-0.1, -0.05) is 40.2 Å². The van der Waals surface area contributed by atoms with E-state index in [2.05, 4.69) is 15.9 Å². The molecule has 1 heterocycles. The summed E-state index contributed by atoms with van der Waals surface area (Å²) in [5, 5.41) is 0. The summed E-state index contributed by atoms with van der Waals surface area (Å²) in [7, 11) is 0. The number of rotatable bonds is 4. The Morgan fingerprint density at radius 2 is 1.79 bits per heavy atom. The van der Waals surface area contributed by atoms with Crippen molar-refractivity contribution in [3.8, 4) is 5.75 Å². The minimum atomic E-state index is 0.0216. The van der Waals surface area contributed by atoms with Gasteiger partial charge >= 0.3 is 0 Å². The van der Waals surface area contributed by atoms with Gasteiger partial charge in [0.2, 0.25) is 0 Å². The number of benzene rings is 2. The zero-order chi connectivity index (χ0) is 16.9. The van der Waals surface area contributed by atoms with E-state index in [1.807, 2.05) is 53.4 Å². The zero-order valence-electron chi connectivity index (χ0n) is 13.5. The van der Waals surface area contributed by atoms with Crippen LogP contribution < -0.4 is 10.5 Å². The second kappa shape index (κ2) is 7.81. The molecule has 1 fully saturated rings. The van der Waals surface area contributed by atoms with E-state index in [9.17, 15) is 4.79 Å². The standard InChI is InChI=1S/C19H21BrN2O2/c20-15-7-5-14(6-8-15)13-24-18-4-2-1-3-17(18)19(23)22-11-9-16(21)10-12-22/h1-8,16H,9-13,21H2. The van der Waals surface area contributed by atoms with Gasteiger partial charge in [0, 0.05) is 23.6 Å². The Morgan fingerprint density at radius 3 is 2.50 bits per heavy atom. The molecule has 1 amide bonds. The van der Waals surface area contributed by atoms with Crippen LogP contribution in [-0.4, -0.2) is 29.9 Å². The predicted molar refractivity (Wildman–Crippen MR) is 98.0 cm³/mol. The molecular weight excluding hydrogens is 368 g/mol. The lowest BCUT2D eigenvalue weighted by Crippen LogP contribution is -2.42. The molecule has 0 bridgehead atoms. The molecule has 4 nitrogen and oxygen atoms in total. The number of likely N-dealkylation sites (tertiary alicyclic amines) is 1. The first kappa shape index (κ1) is 17.0. The van der Waals surface area contributed by atoms with Crippen LogP contribution in [0.1, 0.15) is 28.8 Å². The lowest BCUT2D eigenvalue weighted by molar-refractivity contribution is 0.0710. The van der Waals surface area contributed by atoms with Crippen LogP contribution in [0.4, 0.5) is 0 Å². The van der Waals surface area contributed by atoms with Gasteiger partial charge in [0.1, 0.15) is 12.4 Å². The molecule has 0 aliphatic carbocycles. The third kappa shape index (κ3) is 4.16. The van der Waals surface area contributed by atoms with Crippen LogP contribution in [0.15, 0.2) is 53.0 Å². The smallest absolute Gasteiger partial charge is 0.257 e. The van der Waals surface area contributed by atoms with Gasteiger partial charge in [-0.05, 0) is 42.7 Å². The van der Waals surface area contributed by atoms with Crippen molar-refractivity contribution in [2.75, 3.05) is 13.1 Å². The number of halogens is 1. The van der Waals surface area contributed by atoms with Gasteiger partial charge in [0.15, 0.2) is 0 Å². The lowest BCUT2D eigenvalue weighted by Gasteiger charge is -2.30. The highest BCUT2D eigenvalue weighted by Gasteiger charge is 2.23. The highest BCUT2D eigenvalue weighted by Crippen LogP contribution is 2.23. The van der Waals surface area contributed by atoms with Gasteiger partial charge in [-0.25, -0.2) is 0 Å². The second-order valence-electron chi connectivity index (χ2n) is 6.04. The fourth-order valence-electron chi connectivity index (χ4n) is 2.78. The largest absolute Gasteiger partial charge is 0.488 e. The Kier molecular flexibility index (Phi) is 5.53. The number of para-hydroxylation sites is 1. The quantitative estimate of drug-likeness (QED) is 0.870. The van der Waals surface area contributed by atoms with Crippen molar-refractivity contribution in [2.45, 2.75) is 25.5 Å². The minimum absolute atomic E-state index is 0.0216. The topological polar surface area (TPSA) is 55.6 Å². The van der Waals surface area contributed by atoms with Crippen molar-refractivity contribution < 1.29 is 9.53 Å². The van der Waals surface area contributed by atoms with E-state index in [-0.39, 0.29) is 11.9 Å². The van der Waals surface area contributed by atoms with Crippen molar-refractivity contribution in [1.29, 1.82) is 0 Å². The van der Waals surface area contributed by atoms with E-state index < -0.39 is 0 Å². The van der Waals surface area contributed by atoms with Crippen LogP contribution in [0.2, 0.25) is 0 Å². The molecule has 2 N–H and O–H groups in total. The molecule has 0 saturated carbocycles. The second-order valence-corrected chi connectivity index (χ2v) is 6.96. The SMILES string of the molecule is NC1CCN(C(=O)c2ccccc2OCc2ccc(Br)cc2)CC1. The zero-order valence-corrected chi connectivity index (χ0v) is 15.0. The monoisotopic (exact) mass is 388 g/mol. The van der Waals surface area contributed by atoms with E-state index in [4.69, 9.17) is 10.5 Å². The average Bonchev–Trinajstić information content (AvgIpc) is 2.61. The number of nitrogens with two attached hydrogens (primary N) is 1.